The van der Waals surface area contributed by atoms with Crippen molar-refractivity contribution >= 4 is 58.2 Å². The highest BCUT2D eigenvalue weighted by atomic mass is 35.5. The minimum absolute atomic E-state index is 0.170. The molecule has 0 unspecified atom stereocenters. The van der Waals surface area contributed by atoms with Crippen LogP contribution in [-0.4, -0.2) is 11.7 Å². The number of fused-ring (bicyclic) bond motifs is 3. The van der Waals surface area contributed by atoms with Gasteiger partial charge < -0.3 is 5.32 Å². The van der Waals surface area contributed by atoms with E-state index in [1.807, 2.05) is 35.6 Å². The van der Waals surface area contributed by atoms with Crippen molar-refractivity contribution < 1.29 is 9.59 Å². The molecule has 0 radical (unpaired) electrons. The molecule has 0 fully saturated rings. The molecule has 5 rings (SSSR count). The molecule has 2 aliphatic rings. The number of nitrogens with one attached hydrogen (secondary N) is 1. The summed E-state index contributed by atoms with van der Waals surface area (Å²) in [7, 11) is 0. The van der Waals surface area contributed by atoms with Crippen LogP contribution in [0.2, 0.25) is 5.02 Å². The summed E-state index contributed by atoms with van der Waals surface area (Å²) < 4.78 is 0. The first-order valence-electron chi connectivity index (χ1n) is 10.3. The quantitative estimate of drug-likeness (QED) is 0.434. The summed E-state index contributed by atoms with van der Waals surface area (Å²) >= 11 is 9.56. The fraction of sp³-hybridized carbons (Fsp3) is 0.200. The molecule has 156 valence electrons. The second-order valence-electron chi connectivity index (χ2n) is 7.69. The van der Waals surface area contributed by atoms with E-state index in [9.17, 15) is 9.59 Å². The highest BCUT2D eigenvalue weighted by Crippen LogP contribution is 2.43. The fourth-order valence-corrected chi connectivity index (χ4v) is 6.82. The van der Waals surface area contributed by atoms with Crippen molar-refractivity contribution in [2.45, 2.75) is 31.4 Å². The van der Waals surface area contributed by atoms with Gasteiger partial charge in [-0.3, -0.25) is 9.59 Å². The van der Waals surface area contributed by atoms with Gasteiger partial charge in [-0.25, -0.2) is 0 Å². The van der Waals surface area contributed by atoms with E-state index in [1.54, 1.807) is 42.1 Å². The molecular weight excluding hydrogens is 446 g/mol. The van der Waals surface area contributed by atoms with Gasteiger partial charge in [0.25, 0.3) is 5.91 Å². The number of aryl methyl sites for hydroxylation is 1. The molecule has 1 N–H and O–H groups in total. The number of benzene rings is 2. The molecule has 0 saturated carbocycles. The number of hydrogen-bond donors (Lipinski definition) is 1. The molecule has 1 aliphatic carbocycles. The molecule has 1 aromatic heterocycles. The van der Waals surface area contributed by atoms with Crippen molar-refractivity contribution in [1.29, 1.82) is 0 Å². The molecule has 3 nitrogen and oxygen atoms in total. The van der Waals surface area contributed by atoms with E-state index in [2.05, 4.69) is 5.32 Å². The molecule has 31 heavy (non-hydrogen) atoms. The molecule has 1 amide bonds. The van der Waals surface area contributed by atoms with Crippen LogP contribution in [-0.2, 0) is 23.4 Å². The number of halogens is 1. The number of carbonyl (C=O) groups is 2. The van der Waals surface area contributed by atoms with Crippen molar-refractivity contribution in [1.82, 2.24) is 0 Å². The maximum atomic E-state index is 13.1. The number of hydrogen-bond acceptors (Lipinski definition) is 4. The van der Waals surface area contributed by atoms with Crippen molar-refractivity contribution in [3.63, 3.8) is 0 Å². The average Bonchev–Trinajstić information content (AvgIpc) is 3.18. The smallest absolute Gasteiger partial charge is 0.262 e. The number of rotatable bonds is 4. The van der Waals surface area contributed by atoms with Crippen LogP contribution < -0.4 is 5.32 Å². The Bertz CT molecular complexity index is 1210. The maximum absolute atomic E-state index is 13.1. The van der Waals surface area contributed by atoms with E-state index in [1.165, 1.54) is 33.7 Å². The minimum atomic E-state index is -0.188. The van der Waals surface area contributed by atoms with Crippen LogP contribution in [0.1, 0.15) is 49.6 Å². The van der Waals surface area contributed by atoms with Crippen molar-refractivity contribution in [2.24, 2.45) is 0 Å². The summed E-state index contributed by atoms with van der Waals surface area (Å²) in [5.41, 5.74) is 4.35. The third kappa shape index (κ3) is 4.10. The Kier molecular flexibility index (Phi) is 5.74. The van der Waals surface area contributed by atoms with Gasteiger partial charge in [0.1, 0.15) is 0 Å². The van der Waals surface area contributed by atoms with E-state index in [0.717, 1.165) is 18.6 Å². The van der Waals surface area contributed by atoms with Crippen molar-refractivity contribution in [3.8, 4) is 0 Å². The lowest BCUT2D eigenvalue weighted by Gasteiger charge is -2.17. The van der Waals surface area contributed by atoms with Gasteiger partial charge in [0, 0.05) is 31.7 Å². The molecule has 1 aliphatic heterocycles. The fourth-order valence-electron chi connectivity index (χ4n) is 4.11. The van der Waals surface area contributed by atoms with Crippen molar-refractivity contribution in [2.75, 3.05) is 5.32 Å². The van der Waals surface area contributed by atoms with Gasteiger partial charge in [-0.05, 0) is 61.1 Å². The zero-order valence-electron chi connectivity index (χ0n) is 16.7. The first kappa shape index (κ1) is 20.6. The van der Waals surface area contributed by atoms with Crippen LogP contribution in [0.15, 0.2) is 53.4 Å². The van der Waals surface area contributed by atoms with E-state index in [4.69, 9.17) is 11.6 Å². The monoisotopic (exact) mass is 465 g/mol. The van der Waals surface area contributed by atoms with Gasteiger partial charge in [0.15, 0.2) is 5.78 Å². The normalized spacial score (nSPS) is 14.9. The Morgan fingerprint density at radius 2 is 1.77 bits per heavy atom. The van der Waals surface area contributed by atoms with E-state index in [-0.39, 0.29) is 11.7 Å². The maximum Gasteiger partial charge on any atom is 0.262 e. The average molecular weight is 466 g/mol. The van der Waals surface area contributed by atoms with Gasteiger partial charge in [-0.2, -0.15) is 0 Å². The first-order chi connectivity index (χ1) is 15.1. The Hall–Kier alpha value is -2.34. The van der Waals surface area contributed by atoms with Crippen LogP contribution in [0.5, 0.6) is 0 Å². The second-order valence-corrected chi connectivity index (χ2v) is 10.3. The number of anilines is 1. The molecule has 0 atom stereocenters. The minimum Gasteiger partial charge on any atom is -0.321 e. The zero-order valence-corrected chi connectivity index (χ0v) is 19.1. The molecule has 0 saturated heterocycles. The number of thioether (sulfide) groups is 1. The van der Waals surface area contributed by atoms with E-state index in [0.29, 0.717) is 26.7 Å². The van der Waals surface area contributed by atoms with Gasteiger partial charge in [0.2, 0.25) is 0 Å². The van der Waals surface area contributed by atoms with E-state index >= 15 is 0 Å². The molecule has 0 bridgehead atoms. The zero-order chi connectivity index (χ0) is 21.4. The largest absolute Gasteiger partial charge is 0.321 e. The van der Waals surface area contributed by atoms with Crippen LogP contribution in [0.25, 0.3) is 6.08 Å². The third-order valence-corrected chi connectivity index (χ3v) is 8.24. The summed E-state index contributed by atoms with van der Waals surface area (Å²) in [5.74, 6) is 0.472. The predicted octanol–water partition coefficient (Wildman–Crippen LogP) is 6.74. The third-order valence-electron chi connectivity index (χ3n) is 5.68. The van der Waals surface area contributed by atoms with Gasteiger partial charge in [0.05, 0.1) is 10.6 Å². The summed E-state index contributed by atoms with van der Waals surface area (Å²) in [6, 6.07) is 14.0. The van der Waals surface area contributed by atoms with Crippen LogP contribution in [0, 0.1) is 0 Å². The van der Waals surface area contributed by atoms with E-state index < -0.39 is 0 Å². The summed E-state index contributed by atoms with van der Waals surface area (Å²) in [5, 5.41) is 3.40. The Morgan fingerprint density at radius 3 is 2.61 bits per heavy atom. The van der Waals surface area contributed by atoms with Gasteiger partial charge in [-0.1, -0.05) is 41.9 Å². The molecule has 6 heteroatoms. The topological polar surface area (TPSA) is 46.2 Å². The van der Waals surface area contributed by atoms with Crippen LogP contribution >= 0.6 is 34.7 Å². The van der Waals surface area contributed by atoms with Crippen molar-refractivity contribution in [3.05, 3.63) is 90.5 Å². The lowest BCUT2D eigenvalue weighted by molar-refractivity contribution is -0.112. The first-order valence-corrected chi connectivity index (χ1v) is 12.5. The SMILES string of the molecule is O=C(Nc1ccc(Cl)cc1C(=O)c1ccccc1)C1=Cc2sc3c(c2CS1)CCCC3. The summed E-state index contributed by atoms with van der Waals surface area (Å²) in [4.78, 5) is 29.5. The molecular formula is C25H20ClNO2S2. The van der Waals surface area contributed by atoms with Gasteiger partial charge >= 0.3 is 0 Å². The predicted molar refractivity (Wildman–Crippen MR) is 130 cm³/mol. The van der Waals surface area contributed by atoms with Crippen LogP contribution in [0.3, 0.4) is 0 Å². The number of amides is 1. The molecule has 0 spiro atoms. The molecule has 2 aromatic carbocycles. The Balaban J connectivity index is 1.42. The summed E-state index contributed by atoms with van der Waals surface area (Å²) in [6.07, 6.45) is 6.84. The molecule has 2 heterocycles. The highest BCUT2D eigenvalue weighted by Gasteiger charge is 2.26. The number of thiophene rings is 1. The lowest BCUT2D eigenvalue weighted by atomic mass is 9.95. The standard InChI is InChI=1S/C25H20ClNO2S2/c26-16-10-11-20(18(12-16)24(28)15-6-2-1-3-7-15)27-25(29)23-13-22-19(14-30-23)17-8-4-5-9-21(17)31-22/h1-3,6-7,10-13H,4-5,8-9,14H2,(H,27,29). The number of ketones is 1. The van der Waals surface area contributed by atoms with Crippen LogP contribution in [0.4, 0.5) is 5.69 Å². The Morgan fingerprint density at radius 1 is 0.968 bits per heavy atom. The highest BCUT2D eigenvalue weighted by molar-refractivity contribution is 8.03. The lowest BCUT2D eigenvalue weighted by Crippen LogP contribution is -2.17. The second kappa shape index (κ2) is 8.65. The number of carbonyl (C=O) groups excluding carboxylic acids is 2. The van der Waals surface area contributed by atoms with Gasteiger partial charge in [-0.15, -0.1) is 23.1 Å². The Labute approximate surface area is 194 Å². The molecule has 3 aromatic rings. The summed E-state index contributed by atoms with van der Waals surface area (Å²) in [6.45, 7) is 0.